The number of benzene rings is 3. The molecule has 0 aromatic heterocycles. The van der Waals surface area contributed by atoms with Crippen LogP contribution in [0.15, 0.2) is 59.6 Å². The molecule has 0 aliphatic carbocycles. The van der Waals surface area contributed by atoms with E-state index in [1.54, 1.807) is 31.5 Å². The van der Waals surface area contributed by atoms with Gasteiger partial charge in [0, 0.05) is 16.8 Å². The molecule has 0 aliphatic heterocycles. The molecule has 0 heterocycles. The molecule has 0 amide bonds. The van der Waals surface area contributed by atoms with Crippen molar-refractivity contribution < 1.29 is 13.9 Å². The largest absolute Gasteiger partial charge is 0.493 e. The lowest BCUT2D eigenvalue weighted by Gasteiger charge is -2.14. The van der Waals surface area contributed by atoms with E-state index in [2.05, 4.69) is 27.6 Å². The highest BCUT2D eigenvalue weighted by Crippen LogP contribution is 2.34. The van der Waals surface area contributed by atoms with Gasteiger partial charge in [0.1, 0.15) is 12.4 Å². The fraction of sp³-hybridized carbons (Fsp3) is 0.136. The first-order valence-corrected chi connectivity index (χ1v) is 9.97. The third-order valence-electron chi connectivity index (χ3n) is 4.11. The zero-order valence-corrected chi connectivity index (χ0v) is 18.3. The maximum atomic E-state index is 13.8. The van der Waals surface area contributed by atoms with Gasteiger partial charge in [-0.15, -0.1) is 0 Å². The van der Waals surface area contributed by atoms with Crippen LogP contribution < -0.4 is 9.47 Å². The second-order valence-corrected chi connectivity index (χ2v) is 7.70. The maximum Gasteiger partial charge on any atom is 0.174 e. The van der Waals surface area contributed by atoms with Crippen molar-refractivity contribution >= 4 is 46.1 Å². The van der Waals surface area contributed by atoms with Gasteiger partial charge in [-0.3, -0.25) is 4.99 Å². The van der Waals surface area contributed by atoms with Crippen LogP contribution in [0.2, 0.25) is 5.02 Å². The van der Waals surface area contributed by atoms with E-state index in [9.17, 15) is 4.39 Å². The molecular weight excluding hydrogens is 492 g/mol. The molecule has 0 saturated carbocycles. The molecule has 3 aromatic rings. The Kier molecular flexibility index (Phi) is 6.91. The molecule has 0 atom stereocenters. The van der Waals surface area contributed by atoms with E-state index in [1.807, 2.05) is 37.3 Å². The molecule has 0 saturated heterocycles. The summed E-state index contributed by atoms with van der Waals surface area (Å²) in [5, 5.41) is 0.641. The van der Waals surface area contributed by atoms with E-state index < -0.39 is 0 Å². The van der Waals surface area contributed by atoms with Crippen LogP contribution in [0, 0.1) is 16.3 Å². The van der Waals surface area contributed by atoms with Crippen molar-refractivity contribution in [2.45, 2.75) is 13.5 Å². The number of aliphatic imine (C=N–C) groups is 1. The summed E-state index contributed by atoms with van der Waals surface area (Å²) in [5.74, 6) is 0.840. The van der Waals surface area contributed by atoms with Gasteiger partial charge in [-0.05, 0) is 71.0 Å². The lowest BCUT2D eigenvalue weighted by atomic mass is 10.2. The van der Waals surface area contributed by atoms with Crippen LogP contribution in [-0.4, -0.2) is 13.3 Å². The van der Waals surface area contributed by atoms with Gasteiger partial charge in [-0.1, -0.05) is 35.9 Å². The third kappa shape index (κ3) is 5.02. The minimum absolute atomic E-state index is 0.119. The van der Waals surface area contributed by atoms with Gasteiger partial charge >= 0.3 is 0 Å². The second-order valence-electron chi connectivity index (χ2n) is 6.10. The number of hydrogen-bond acceptors (Lipinski definition) is 3. The summed E-state index contributed by atoms with van der Waals surface area (Å²) in [7, 11) is 1.57. The molecule has 28 heavy (non-hydrogen) atoms. The van der Waals surface area contributed by atoms with Gasteiger partial charge in [0.2, 0.25) is 0 Å². The summed E-state index contributed by atoms with van der Waals surface area (Å²) in [4.78, 5) is 4.53. The molecule has 0 N–H and O–H groups in total. The summed E-state index contributed by atoms with van der Waals surface area (Å²) >= 11 is 8.22. The normalized spacial score (nSPS) is 11.0. The fourth-order valence-electron chi connectivity index (χ4n) is 2.59. The first-order valence-electron chi connectivity index (χ1n) is 8.52. The molecule has 144 valence electrons. The van der Waals surface area contributed by atoms with Crippen LogP contribution in [0.25, 0.3) is 0 Å². The summed E-state index contributed by atoms with van der Waals surface area (Å²) < 4.78 is 26.0. The molecule has 0 aliphatic rings. The fourth-order valence-corrected chi connectivity index (χ4v) is 3.53. The number of methoxy groups -OCH3 is 1. The standard InChI is InChI=1S/C22H18ClFINO2/c1-14-7-8-17(23)11-20(14)26-12-15-9-19(25)22(21(10-15)27-2)28-13-16-5-3-4-6-18(16)24/h3-12H,13H2,1-2H3. The zero-order chi connectivity index (χ0) is 20.1. The number of nitrogens with zero attached hydrogens (tertiary/aromatic N) is 1. The van der Waals surface area contributed by atoms with E-state index in [4.69, 9.17) is 21.1 Å². The Bertz CT molecular complexity index is 1020. The highest BCUT2D eigenvalue weighted by molar-refractivity contribution is 14.1. The SMILES string of the molecule is COc1cc(C=Nc2cc(Cl)ccc2C)cc(I)c1OCc1ccccc1F. The molecule has 0 spiro atoms. The van der Waals surface area contributed by atoms with Crippen LogP contribution in [0.1, 0.15) is 16.7 Å². The van der Waals surface area contributed by atoms with Gasteiger partial charge in [0.05, 0.1) is 16.4 Å². The van der Waals surface area contributed by atoms with Crippen molar-refractivity contribution in [1.82, 2.24) is 0 Å². The van der Waals surface area contributed by atoms with Crippen LogP contribution in [-0.2, 0) is 6.61 Å². The number of hydrogen-bond donors (Lipinski definition) is 0. The van der Waals surface area contributed by atoms with Crippen molar-refractivity contribution in [3.8, 4) is 11.5 Å². The number of halogens is 3. The average Bonchev–Trinajstić information content (AvgIpc) is 2.68. The Balaban J connectivity index is 1.84. The maximum absolute atomic E-state index is 13.8. The van der Waals surface area contributed by atoms with E-state index in [1.165, 1.54) is 6.07 Å². The van der Waals surface area contributed by atoms with Crippen molar-refractivity contribution in [3.05, 3.63) is 85.7 Å². The molecule has 0 bridgehead atoms. The second kappa shape index (κ2) is 9.39. The van der Waals surface area contributed by atoms with E-state index in [0.29, 0.717) is 22.1 Å². The van der Waals surface area contributed by atoms with Crippen molar-refractivity contribution in [2.24, 2.45) is 4.99 Å². The molecule has 3 aromatic carbocycles. The molecule has 0 fully saturated rings. The Labute approximate surface area is 182 Å². The minimum Gasteiger partial charge on any atom is -0.493 e. The first kappa shape index (κ1) is 20.6. The summed E-state index contributed by atoms with van der Waals surface area (Å²) in [5.41, 5.74) is 3.19. The number of aryl methyl sites for hydroxylation is 1. The van der Waals surface area contributed by atoms with Gasteiger partial charge < -0.3 is 9.47 Å². The Morgan fingerprint density at radius 2 is 1.93 bits per heavy atom. The van der Waals surface area contributed by atoms with Crippen LogP contribution in [0.4, 0.5) is 10.1 Å². The monoisotopic (exact) mass is 509 g/mol. The van der Waals surface area contributed by atoms with E-state index in [-0.39, 0.29) is 12.4 Å². The van der Waals surface area contributed by atoms with E-state index >= 15 is 0 Å². The molecule has 3 rings (SSSR count). The highest BCUT2D eigenvalue weighted by atomic mass is 127. The van der Waals surface area contributed by atoms with Gasteiger partial charge in [-0.2, -0.15) is 0 Å². The highest BCUT2D eigenvalue weighted by Gasteiger charge is 2.12. The van der Waals surface area contributed by atoms with Crippen molar-refractivity contribution in [1.29, 1.82) is 0 Å². The van der Waals surface area contributed by atoms with Crippen molar-refractivity contribution in [3.63, 3.8) is 0 Å². The molecule has 6 heteroatoms. The van der Waals surface area contributed by atoms with Crippen LogP contribution in [0.3, 0.4) is 0 Å². The predicted molar refractivity (Wildman–Crippen MR) is 120 cm³/mol. The number of rotatable bonds is 6. The smallest absolute Gasteiger partial charge is 0.174 e. The Morgan fingerprint density at radius 3 is 2.68 bits per heavy atom. The minimum atomic E-state index is -0.294. The Hall–Kier alpha value is -2.12. The van der Waals surface area contributed by atoms with Crippen LogP contribution in [0.5, 0.6) is 11.5 Å². The molecular formula is C22H18ClFINO2. The molecule has 3 nitrogen and oxygen atoms in total. The topological polar surface area (TPSA) is 30.8 Å². The zero-order valence-electron chi connectivity index (χ0n) is 15.4. The summed E-state index contributed by atoms with van der Waals surface area (Å²) in [6.45, 7) is 2.10. The van der Waals surface area contributed by atoms with Crippen molar-refractivity contribution in [2.75, 3.05) is 7.11 Å². The lowest BCUT2D eigenvalue weighted by Crippen LogP contribution is -2.02. The van der Waals surface area contributed by atoms with Crippen LogP contribution >= 0.6 is 34.2 Å². The van der Waals surface area contributed by atoms with Gasteiger partial charge in [-0.25, -0.2) is 4.39 Å². The van der Waals surface area contributed by atoms with Gasteiger partial charge in [0.25, 0.3) is 0 Å². The third-order valence-corrected chi connectivity index (χ3v) is 5.14. The summed E-state index contributed by atoms with van der Waals surface area (Å²) in [6.07, 6.45) is 1.75. The molecule has 0 unspecified atom stereocenters. The first-order chi connectivity index (χ1) is 13.5. The molecule has 0 radical (unpaired) electrons. The average molecular weight is 510 g/mol. The Morgan fingerprint density at radius 1 is 1.14 bits per heavy atom. The predicted octanol–water partition coefficient (Wildman–Crippen LogP) is 6.73. The number of ether oxygens (including phenoxy) is 2. The lowest BCUT2D eigenvalue weighted by molar-refractivity contribution is 0.277. The quantitative estimate of drug-likeness (QED) is 0.272. The van der Waals surface area contributed by atoms with Gasteiger partial charge in [0.15, 0.2) is 11.5 Å². The van der Waals surface area contributed by atoms with E-state index in [0.717, 1.165) is 20.4 Å². The summed E-state index contributed by atoms with van der Waals surface area (Å²) in [6, 6.07) is 15.9.